The normalized spacial score (nSPS) is 12.0. The summed E-state index contributed by atoms with van der Waals surface area (Å²) in [7, 11) is 0. The van der Waals surface area contributed by atoms with Gasteiger partial charge in [0.25, 0.3) is 0 Å². The second-order valence-corrected chi connectivity index (χ2v) is 24.6. The molecule has 0 N–H and O–H groups in total. The van der Waals surface area contributed by atoms with Gasteiger partial charge in [-0.05, 0) is 0 Å². The zero-order valence-electron chi connectivity index (χ0n) is 27.5. The van der Waals surface area contributed by atoms with Crippen molar-refractivity contribution in [3.63, 3.8) is 0 Å². The minimum absolute atomic E-state index is 1.11. The molecular weight excluding hydrogens is 567 g/mol. The molecule has 0 bridgehead atoms. The van der Waals surface area contributed by atoms with Gasteiger partial charge in [-0.15, -0.1) is 0 Å². The molecule has 0 aromatic carbocycles. The fourth-order valence-corrected chi connectivity index (χ4v) is 18.8. The average molecular weight is 644 g/mol. The maximum absolute atomic E-state index is 7.19. The first kappa shape index (κ1) is 38.8. The molecule has 0 spiro atoms. The van der Waals surface area contributed by atoms with Gasteiger partial charge in [-0.1, -0.05) is 6.92 Å². The summed E-state index contributed by atoms with van der Waals surface area (Å²) >= 11 is -2.50. The summed E-state index contributed by atoms with van der Waals surface area (Å²) < 4.78 is 11.8. The van der Waals surface area contributed by atoms with Gasteiger partial charge in [-0.3, -0.25) is 0 Å². The van der Waals surface area contributed by atoms with E-state index in [9.17, 15) is 0 Å². The predicted molar refractivity (Wildman–Crippen MR) is 178 cm³/mol. The van der Waals surface area contributed by atoms with E-state index in [4.69, 9.17) is 3.07 Å². The van der Waals surface area contributed by atoms with E-state index < -0.39 is 18.8 Å². The quantitative estimate of drug-likeness (QED) is 0.0511. The predicted octanol–water partition coefficient (Wildman–Crippen LogP) is 14.0. The first-order valence-corrected chi connectivity index (χ1v) is 25.6. The van der Waals surface area contributed by atoms with Crippen molar-refractivity contribution in [3.05, 3.63) is 0 Å². The molecule has 0 heterocycles. The van der Waals surface area contributed by atoms with Crippen LogP contribution in [0.1, 0.15) is 207 Å². The Morgan fingerprint density at radius 2 is 0.526 bits per heavy atom. The van der Waals surface area contributed by atoms with Gasteiger partial charge in [0.2, 0.25) is 0 Å². The van der Waals surface area contributed by atoms with Crippen molar-refractivity contribution in [2.45, 2.75) is 221 Å². The molecule has 0 amide bonds. The molecule has 0 radical (unpaired) electrons. The summed E-state index contributed by atoms with van der Waals surface area (Å²) in [6, 6.07) is 0. The van der Waals surface area contributed by atoms with Crippen molar-refractivity contribution in [1.82, 2.24) is 0 Å². The van der Waals surface area contributed by atoms with Gasteiger partial charge in [-0.25, -0.2) is 0 Å². The molecule has 0 aliphatic heterocycles. The van der Waals surface area contributed by atoms with Crippen LogP contribution in [0.4, 0.5) is 0 Å². The van der Waals surface area contributed by atoms with Crippen molar-refractivity contribution in [2.75, 3.05) is 6.61 Å². The van der Waals surface area contributed by atoms with Gasteiger partial charge in [0, 0.05) is 0 Å². The number of hydrogen-bond acceptors (Lipinski definition) is 1. The van der Waals surface area contributed by atoms with Crippen molar-refractivity contribution in [2.24, 2.45) is 0 Å². The summed E-state index contributed by atoms with van der Waals surface area (Å²) in [4.78, 5) is 0. The molecule has 0 saturated heterocycles. The third kappa shape index (κ3) is 27.0. The molecule has 230 valence electrons. The Balaban J connectivity index is 4.66. The van der Waals surface area contributed by atoms with Gasteiger partial charge < -0.3 is 0 Å². The van der Waals surface area contributed by atoms with E-state index >= 15 is 0 Å². The topological polar surface area (TPSA) is 9.23 Å². The van der Waals surface area contributed by atoms with Crippen LogP contribution in [0.15, 0.2) is 0 Å². The van der Waals surface area contributed by atoms with Crippen LogP contribution >= 0.6 is 0 Å². The molecule has 0 rings (SSSR count). The van der Waals surface area contributed by atoms with E-state index in [1.165, 1.54) is 193 Å². The maximum atomic E-state index is 7.19. The second-order valence-electron chi connectivity index (χ2n) is 12.8. The van der Waals surface area contributed by atoms with Crippen LogP contribution in [0, 0.1) is 0 Å². The fourth-order valence-electron chi connectivity index (χ4n) is 6.15. The molecule has 0 aliphatic carbocycles. The molecular formula is C36H76OSn. The van der Waals surface area contributed by atoms with Gasteiger partial charge in [0.05, 0.1) is 0 Å². The van der Waals surface area contributed by atoms with Crippen molar-refractivity contribution < 1.29 is 3.07 Å². The van der Waals surface area contributed by atoms with Crippen LogP contribution in [0.3, 0.4) is 0 Å². The molecule has 0 fully saturated rings. The van der Waals surface area contributed by atoms with Crippen molar-refractivity contribution in [1.29, 1.82) is 0 Å². The molecule has 0 aromatic heterocycles. The van der Waals surface area contributed by atoms with E-state index in [0.29, 0.717) is 0 Å². The van der Waals surface area contributed by atoms with E-state index in [2.05, 4.69) is 27.7 Å². The van der Waals surface area contributed by atoms with Crippen LogP contribution in [0.5, 0.6) is 0 Å². The van der Waals surface area contributed by atoms with Gasteiger partial charge >= 0.3 is 242 Å². The molecule has 0 unspecified atom stereocenters. The number of rotatable bonds is 33. The second kappa shape index (κ2) is 32.3. The summed E-state index contributed by atoms with van der Waals surface area (Å²) in [5.41, 5.74) is 0. The van der Waals surface area contributed by atoms with Crippen LogP contribution < -0.4 is 0 Å². The first-order chi connectivity index (χ1) is 18.7. The van der Waals surface area contributed by atoms with Gasteiger partial charge in [0.1, 0.15) is 0 Å². The molecule has 1 nitrogen and oxygen atoms in total. The molecule has 2 heteroatoms. The summed E-state index contributed by atoms with van der Waals surface area (Å²) in [5, 5.41) is 0. The van der Waals surface area contributed by atoms with Crippen LogP contribution in [-0.2, 0) is 3.07 Å². The van der Waals surface area contributed by atoms with Crippen molar-refractivity contribution in [3.8, 4) is 0 Å². The Hall–Kier alpha value is 0.759. The van der Waals surface area contributed by atoms with Crippen LogP contribution in [0.25, 0.3) is 0 Å². The third-order valence-corrected chi connectivity index (χ3v) is 22.0. The fraction of sp³-hybridized carbons (Fsp3) is 1.00. The Kier molecular flexibility index (Phi) is 32.9. The summed E-state index contributed by atoms with van der Waals surface area (Å²) in [6.45, 7) is 10.4. The number of unbranched alkanes of at least 4 members (excludes halogenated alkanes) is 24. The number of hydrogen-bond donors (Lipinski definition) is 0. The van der Waals surface area contributed by atoms with Gasteiger partial charge in [-0.2, -0.15) is 0 Å². The van der Waals surface area contributed by atoms with E-state index in [-0.39, 0.29) is 0 Å². The zero-order valence-corrected chi connectivity index (χ0v) is 30.4. The summed E-state index contributed by atoms with van der Waals surface area (Å²) in [6.07, 6.45) is 40.2. The Labute approximate surface area is 248 Å². The Bertz CT molecular complexity index is 383. The Morgan fingerprint density at radius 3 is 0.816 bits per heavy atom. The molecule has 38 heavy (non-hydrogen) atoms. The molecule has 0 aliphatic rings. The molecule has 0 aromatic rings. The van der Waals surface area contributed by atoms with Gasteiger partial charge in [0.15, 0.2) is 0 Å². The Morgan fingerprint density at radius 1 is 0.289 bits per heavy atom. The SMILES string of the molecule is CCCCCCCCCCCC[O][Sn]([CH2]CCCCCCC)([CH2]CCCCCCC)[CH2]CCCCCCC. The standard InChI is InChI=1S/C12H25O.3C8H17.Sn/c1-2-3-4-5-6-7-8-9-10-11-12-13;3*1-3-5-7-8-6-4-2;/h2-12H2,1H3;3*1,3-8H2,2H3;/q-1;;;;+1. The summed E-state index contributed by atoms with van der Waals surface area (Å²) in [5.74, 6) is 0. The monoisotopic (exact) mass is 644 g/mol. The minimum atomic E-state index is -2.50. The zero-order chi connectivity index (χ0) is 27.8. The average Bonchev–Trinajstić information content (AvgIpc) is 2.93. The molecule has 0 atom stereocenters. The third-order valence-electron chi connectivity index (χ3n) is 8.86. The van der Waals surface area contributed by atoms with Crippen molar-refractivity contribution >= 4 is 18.8 Å². The van der Waals surface area contributed by atoms with Crippen LogP contribution in [0.2, 0.25) is 13.3 Å². The molecule has 0 saturated carbocycles. The van der Waals surface area contributed by atoms with E-state index in [0.717, 1.165) is 6.61 Å². The van der Waals surface area contributed by atoms with Crippen LogP contribution in [-0.4, -0.2) is 25.4 Å². The first-order valence-electron chi connectivity index (χ1n) is 18.4. The van der Waals surface area contributed by atoms with E-state index in [1.807, 2.05) is 0 Å². The van der Waals surface area contributed by atoms with E-state index in [1.54, 1.807) is 0 Å².